The molecule has 0 unspecified atom stereocenters. The molecule has 0 saturated heterocycles. The third-order valence-corrected chi connectivity index (χ3v) is 2.52. The highest BCUT2D eigenvalue weighted by Crippen LogP contribution is 2.20. The fourth-order valence-corrected chi connectivity index (χ4v) is 1.59. The Morgan fingerprint density at radius 2 is 2.11 bits per heavy atom. The standard InChI is InChI=1S/C13H18N4O/c1-3-14-6-11-5-12(8-15-7-11)18-13-9-16-17(4-2)10-13/h5,7-10,14H,3-4,6H2,1-2H3. The van der Waals surface area contributed by atoms with Crippen molar-refractivity contribution in [2.45, 2.75) is 26.9 Å². The summed E-state index contributed by atoms with van der Waals surface area (Å²) in [4.78, 5) is 4.17. The van der Waals surface area contributed by atoms with E-state index in [2.05, 4.69) is 22.3 Å². The zero-order valence-electron chi connectivity index (χ0n) is 10.8. The highest BCUT2D eigenvalue weighted by Gasteiger charge is 2.02. The van der Waals surface area contributed by atoms with Crippen LogP contribution < -0.4 is 10.1 Å². The summed E-state index contributed by atoms with van der Waals surface area (Å²) in [6.07, 6.45) is 7.13. The van der Waals surface area contributed by atoms with Crippen LogP contribution in [-0.2, 0) is 13.1 Å². The van der Waals surface area contributed by atoms with Gasteiger partial charge in [0.15, 0.2) is 5.75 Å². The van der Waals surface area contributed by atoms with Gasteiger partial charge in [-0.1, -0.05) is 6.92 Å². The molecular weight excluding hydrogens is 228 g/mol. The molecule has 5 nitrogen and oxygen atoms in total. The first-order valence-electron chi connectivity index (χ1n) is 6.16. The second-order valence-electron chi connectivity index (χ2n) is 3.94. The van der Waals surface area contributed by atoms with Crippen molar-refractivity contribution >= 4 is 0 Å². The molecule has 2 rings (SSSR count). The minimum atomic E-state index is 0.735. The number of ether oxygens (including phenoxy) is 1. The minimum absolute atomic E-state index is 0.735. The number of hydrogen-bond donors (Lipinski definition) is 1. The van der Waals surface area contributed by atoms with Gasteiger partial charge in [0, 0.05) is 19.3 Å². The summed E-state index contributed by atoms with van der Waals surface area (Å²) in [6, 6.07) is 1.99. The van der Waals surface area contributed by atoms with Crippen LogP contribution >= 0.6 is 0 Å². The molecule has 0 radical (unpaired) electrons. The molecular formula is C13H18N4O. The zero-order valence-corrected chi connectivity index (χ0v) is 10.8. The Morgan fingerprint density at radius 3 is 2.83 bits per heavy atom. The number of aryl methyl sites for hydroxylation is 1. The minimum Gasteiger partial charge on any atom is -0.452 e. The van der Waals surface area contributed by atoms with Crippen molar-refractivity contribution in [1.29, 1.82) is 0 Å². The molecule has 0 atom stereocenters. The van der Waals surface area contributed by atoms with Crippen molar-refractivity contribution in [3.63, 3.8) is 0 Å². The fourth-order valence-electron chi connectivity index (χ4n) is 1.59. The Morgan fingerprint density at radius 1 is 1.22 bits per heavy atom. The smallest absolute Gasteiger partial charge is 0.165 e. The van der Waals surface area contributed by atoms with Crippen LogP contribution in [0.25, 0.3) is 0 Å². The van der Waals surface area contributed by atoms with Crippen LogP contribution in [0.1, 0.15) is 19.4 Å². The lowest BCUT2D eigenvalue weighted by atomic mass is 10.3. The second kappa shape index (κ2) is 6.16. The van der Waals surface area contributed by atoms with Crippen LogP contribution in [0.2, 0.25) is 0 Å². The van der Waals surface area contributed by atoms with E-state index in [4.69, 9.17) is 4.74 Å². The molecule has 0 aliphatic carbocycles. The van der Waals surface area contributed by atoms with Gasteiger partial charge >= 0.3 is 0 Å². The van der Waals surface area contributed by atoms with E-state index in [1.807, 2.05) is 30.1 Å². The Bertz CT molecular complexity index is 495. The summed E-state index contributed by atoms with van der Waals surface area (Å²) in [7, 11) is 0. The maximum absolute atomic E-state index is 5.71. The molecule has 0 bridgehead atoms. The number of nitrogens with one attached hydrogen (secondary N) is 1. The van der Waals surface area contributed by atoms with Crippen LogP contribution in [-0.4, -0.2) is 21.3 Å². The van der Waals surface area contributed by atoms with Gasteiger partial charge in [-0.25, -0.2) is 0 Å². The number of pyridine rings is 1. The Labute approximate surface area is 107 Å². The highest BCUT2D eigenvalue weighted by atomic mass is 16.5. The van der Waals surface area contributed by atoms with E-state index in [-0.39, 0.29) is 0 Å². The molecule has 1 N–H and O–H groups in total. The van der Waals surface area contributed by atoms with Crippen LogP contribution in [0.5, 0.6) is 11.5 Å². The molecule has 2 aromatic rings. The predicted molar refractivity (Wildman–Crippen MR) is 69.6 cm³/mol. The number of rotatable bonds is 6. The molecule has 0 aliphatic heterocycles. The van der Waals surface area contributed by atoms with Gasteiger partial charge in [0.1, 0.15) is 5.75 Å². The van der Waals surface area contributed by atoms with Crippen LogP contribution in [0.4, 0.5) is 0 Å². The van der Waals surface area contributed by atoms with E-state index in [1.54, 1.807) is 12.4 Å². The Kier molecular flexibility index (Phi) is 4.30. The van der Waals surface area contributed by atoms with Crippen molar-refractivity contribution in [2.75, 3.05) is 6.54 Å². The quantitative estimate of drug-likeness (QED) is 0.849. The first-order chi connectivity index (χ1) is 8.81. The van der Waals surface area contributed by atoms with Crippen LogP contribution in [0.15, 0.2) is 30.9 Å². The molecule has 0 aliphatic rings. The maximum atomic E-state index is 5.71. The first kappa shape index (κ1) is 12.6. The van der Waals surface area contributed by atoms with Crippen molar-refractivity contribution in [3.8, 4) is 11.5 Å². The molecule has 18 heavy (non-hydrogen) atoms. The molecule has 2 aromatic heterocycles. The predicted octanol–water partition coefficient (Wildman–Crippen LogP) is 2.20. The molecule has 5 heteroatoms. The summed E-state index contributed by atoms with van der Waals surface area (Å²) in [5.41, 5.74) is 1.11. The normalized spacial score (nSPS) is 10.6. The largest absolute Gasteiger partial charge is 0.452 e. The summed E-state index contributed by atoms with van der Waals surface area (Å²) in [5, 5.41) is 7.42. The van der Waals surface area contributed by atoms with Crippen molar-refractivity contribution in [3.05, 3.63) is 36.4 Å². The molecule has 0 fully saturated rings. The summed E-state index contributed by atoms with van der Waals surface area (Å²) >= 11 is 0. The number of nitrogens with zero attached hydrogens (tertiary/aromatic N) is 3. The lowest BCUT2D eigenvalue weighted by Gasteiger charge is -2.05. The molecule has 0 spiro atoms. The average Bonchev–Trinajstić information content (AvgIpc) is 2.84. The topological polar surface area (TPSA) is 52.0 Å². The maximum Gasteiger partial charge on any atom is 0.165 e. The van der Waals surface area contributed by atoms with E-state index in [9.17, 15) is 0 Å². The first-order valence-corrected chi connectivity index (χ1v) is 6.16. The summed E-state index contributed by atoms with van der Waals surface area (Å²) in [6.45, 7) is 6.69. The third-order valence-electron chi connectivity index (χ3n) is 2.52. The molecule has 0 amide bonds. The van der Waals surface area contributed by atoms with Crippen molar-refractivity contribution in [1.82, 2.24) is 20.1 Å². The van der Waals surface area contributed by atoms with Crippen molar-refractivity contribution < 1.29 is 4.74 Å². The lowest BCUT2D eigenvalue weighted by molar-refractivity contribution is 0.477. The number of hydrogen-bond acceptors (Lipinski definition) is 4. The van der Waals surface area contributed by atoms with Gasteiger partial charge in [-0.3, -0.25) is 9.67 Å². The van der Waals surface area contributed by atoms with E-state index in [0.717, 1.165) is 36.7 Å². The van der Waals surface area contributed by atoms with E-state index < -0.39 is 0 Å². The molecule has 2 heterocycles. The zero-order chi connectivity index (χ0) is 12.8. The molecule has 0 aromatic carbocycles. The molecule has 0 saturated carbocycles. The van der Waals surface area contributed by atoms with E-state index in [1.165, 1.54) is 0 Å². The van der Waals surface area contributed by atoms with E-state index in [0.29, 0.717) is 0 Å². The summed E-state index contributed by atoms with van der Waals surface area (Å²) < 4.78 is 7.53. The van der Waals surface area contributed by atoms with Crippen LogP contribution in [0.3, 0.4) is 0 Å². The highest BCUT2D eigenvalue weighted by molar-refractivity contribution is 5.28. The summed E-state index contributed by atoms with van der Waals surface area (Å²) in [5.74, 6) is 1.47. The molecule has 96 valence electrons. The number of aromatic nitrogens is 3. The van der Waals surface area contributed by atoms with Gasteiger partial charge in [0.25, 0.3) is 0 Å². The third kappa shape index (κ3) is 3.30. The van der Waals surface area contributed by atoms with Crippen molar-refractivity contribution in [2.24, 2.45) is 0 Å². The Balaban J connectivity index is 2.04. The van der Waals surface area contributed by atoms with Gasteiger partial charge in [-0.2, -0.15) is 5.10 Å². The van der Waals surface area contributed by atoms with Gasteiger partial charge in [-0.15, -0.1) is 0 Å². The van der Waals surface area contributed by atoms with Gasteiger partial charge < -0.3 is 10.1 Å². The average molecular weight is 246 g/mol. The van der Waals surface area contributed by atoms with Gasteiger partial charge in [0.05, 0.1) is 18.6 Å². The second-order valence-corrected chi connectivity index (χ2v) is 3.94. The monoisotopic (exact) mass is 246 g/mol. The fraction of sp³-hybridized carbons (Fsp3) is 0.385. The van der Waals surface area contributed by atoms with E-state index >= 15 is 0 Å². The van der Waals surface area contributed by atoms with Gasteiger partial charge in [-0.05, 0) is 25.1 Å². The Hall–Kier alpha value is -1.88. The lowest BCUT2D eigenvalue weighted by Crippen LogP contribution is -2.11. The van der Waals surface area contributed by atoms with Crippen LogP contribution in [0, 0.1) is 0 Å². The van der Waals surface area contributed by atoms with Gasteiger partial charge in [0.2, 0.25) is 0 Å². The SMILES string of the molecule is CCNCc1cncc(Oc2cnn(CC)c2)c1.